The number of benzene rings is 2. The Morgan fingerprint density at radius 3 is 1.97 bits per heavy atom. The van der Waals surface area contributed by atoms with Crippen molar-refractivity contribution in [2.24, 2.45) is 33.7 Å². The van der Waals surface area contributed by atoms with Crippen molar-refractivity contribution < 1.29 is 57.5 Å². The summed E-state index contributed by atoms with van der Waals surface area (Å²) in [4.78, 5) is 155. The van der Waals surface area contributed by atoms with E-state index < -0.39 is 138 Å². The summed E-state index contributed by atoms with van der Waals surface area (Å²) < 4.78 is 4.37. The predicted octanol–water partition coefficient (Wildman–Crippen LogP) is -3.26. The zero-order valence-electron chi connectivity index (χ0n) is 43.1. The molecule has 77 heavy (non-hydrogen) atoms. The van der Waals surface area contributed by atoms with Crippen molar-refractivity contribution in [2.75, 3.05) is 32.5 Å². The van der Waals surface area contributed by atoms with Gasteiger partial charge in [0.1, 0.15) is 48.0 Å². The number of guanidine groups is 1. The quantitative estimate of drug-likeness (QED) is 0.0268. The zero-order valence-corrected chi connectivity index (χ0v) is 44.8. The maximum atomic E-state index is 14.7. The number of likely N-dealkylation sites (tertiary alicyclic amines) is 1. The van der Waals surface area contributed by atoms with Gasteiger partial charge in [0.2, 0.25) is 65.0 Å². The topological polar surface area (TPSA) is 427 Å². The van der Waals surface area contributed by atoms with Gasteiger partial charge in [0.25, 0.3) is 0 Å². The summed E-state index contributed by atoms with van der Waals surface area (Å²) in [5, 5.41) is 18.2. The second-order valence-electron chi connectivity index (χ2n) is 19.0. The van der Waals surface area contributed by atoms with Crippen LogP contribution < -0.4 is 70.6 Å². The third-order valence-electron chi connectivity index (χ3n) is 12.1. The number of hydrogen-bond donors (Lipinski definition) is 12. The van der Waals surface area contributed by atoms with Crippen molar-refractivity contribution in [1.29, 1.82) is 0 Å². The average Bonchev–Trinajstić information content (AvgIpc) is 3.87. The lowest BCUT2D eigenvalue weighted by atomic mass is 10.0. The van der Waals surface area contributed by atoms with Gasteiger partial charge in [-0.3, -0.25) is 57.7 Å². The van der Waals surface area contributed by atoms with Gasteiger partial charge in [0.15, 0.2) is 5.96 Å². The zero-order chi connectivity index (χ0) is 56.8. The molecule has 26 nitrogen and oxygen atoms in total. The lowest BCUT2D eigenvalue weighted by Gasteiger charge is -2.31. The van der Waals surface area contributed by atoms with Crippen LogP contribution in [0, 0.1) is 0 Å². The van der Waals surface area contributed by atoms with Gasteiger partial charge in [-0.15, -0.1) is 0 Å². The van der Waals surface area contributed by atoms with E-state index in [0.717, 1.165) is 10.8 Å². The number of ether oxygens (including phenoxy) is 1. The average molecular weight is 1110 g/mol. The fourth-order valence-electron chi connectivity index (χ4n) is 8.26. The molecule has 17 N–H and O–H groups in total. The van der Waals surface area contributed by atoms with E-state index in [1.807, 2.05) is 0 Å². The van der Waals surface area contributed by atoms with Gasteiger partial charge in [0.05, 0.1) is 20.1 Å². The van der Waals surface area contributed by atoms with Crippen LogP contribution >= 0.6 is 21.6 Å². The monoisotopic (exact) mass is 1110 g/mol. The minimum Gasteiger partial charge on any atom is -0.497 e. The van der Waals surface area contributed by atoms with Crippen LogP contribution in [-0.2, 0) is 65.6 Å². The van der Waals surface area contributed by atoms with Crippen molar-refractivity contribution in [2.45, 2.75) is 125 Å². The number of carbonyl (C=O) groups excluding carboxylic acids is 11. The maximum absolute atomic E-state index is 14.7. The molecule has 0 aromatic heterocycles. The van der Waals surface area contributed by atoms with E-state index in [9.17, 15) is 52.7 Å². The maximum Gasteiger partial charge on any atom is 0.246 e. The van der Waals surface area contributed by atoms with Gasteiger partial charge in [-0.25, -0.2) is 0 Å². The number of primary amides is 3. The fraction of sp³-hybridized carbons (Fsp3) is 0.510. The minimum atomic E-state index is -1.78. The minimum absolute atomic E-state index is 0.0129. The van der Waals surface area contributed by atoms with Crippen LogP contribution in [0.5, 0.6) is 5.75 Å². The summed E-state index contributed by atoms with van der Waals surface area (Å²) >= 11 is 0. The summed E-state index contributed by atoms with van der Waals surface area (Å²) in [5.74, 6) is -9.21. The summed E-state index contributed by atoms with van der Waals surface area (Å²) in [6, 6.07) is 5.47. The number of methoxy groups -OCH3 is 1. The van der Waals surface area contributed by atoms with Crippen LogP contribution in [0.3, 0.4) is 0 Å². The molecule has 28 heteroatoms. The number of nitrogens with one attached hydrogen (secondary N) is 7. The normalized spacial score (nSPS) is 22.0. The molecule has 2 saturated heterocycles. The van der Waals surface area contributed by atoms with Crippen molar-refractivity contribution in [3.8, 4) is 5.75 Å². The highest BCUT2D eigenvalue weighted by Gasteiger charge is 2.41. The first-order valence-corrected chi connectivity index (χ1v) is 27.0. The van der Waals surface area contributed by atoms with Gasteiger partial charge in [-0.2, -0.15) is 0 Å². The molecule has 0 saturated carbocycles. The second kappa shape index (κ2) is 30.2. The molecular formula is C49H70N14O12S2. The number of amides is 11. The van der Waals surface area contributed by atoms with Gasteiger partial charge in [-0.05, 0) is 69.2 Å². The number of nitrogens with two attached hydrogens (primary N) is 5. The summed E-state index contributed by atoms with van der Waals surface area (Å²) in [5.41, 5.74) is 28.4. The Morgan fingerprint density at radius 2 is 1.36 bits per heavy atom. The van der Waals surface area contributed by atoms with E-state index in [1.54, 1.807) is 68.4 Å². The Balaban J connectivity index is 1.74. The first kappa shape index (κ1) is 61.9. The van der Waals surface area contributed by atoms with E-state index in [2.05, 4.69) is 42.2 Å². The van der Waals surface area contributed by atoms with Crippen molar-refractivity contribution in [1.82, 2.24) is 42.1 Å². The van der Waals surface area contributed by atoms with Crippen LogP contribution in [0.25, 0.3) is 0 Å². The number of aliphatic imine (C=N–C) groups is 1. The van der Waals surface area contributed by atoms with Crippen LogP contribution in [0.2, 0.25) is 0 Å². The molecule has 2 aromatic rings. The molecule has 0 bridgehead atoms. The standard InChI is InChI=1S/C49H70N14O12S2/c1-49(2)24-40(67)57-32(22-28-13-15-29(75-3)16-14-28)43(70)60-33(21-27-9-5-4-6-10-27)44(71)58-31(17-18-37(50)64)42(69)61-34(23-38(51)65)45(72)62-35(26-76-77-49)47(74)63-20-8-12-36(63)46(73)59-30(11-7-19-55-48(53)54)41(68)56-25-39(52)66/h4-6,9-10,13-16,30-36H,7-8,11-12,17-26H2,1-3H3,(H2,50,64)(H2,51,65)(H2,52,66)(H,56,68)(H,57,67)(H,58,71)(H,59,73)(H,60,70)(H,61,69)(H,62,72)(H4,53,54,55)/t30-,31-,32-,33-,34?,35+,36-/m0/s1. The SMILES string of the molecule is COc1ccc(C[C@@H]2NC(=O)CC(C)(C)SSC[C@H](C(=O)N3CCC[C@H]3C(=O)N[C@@H](CCCN=C(N)N)C(=O)NCC(N)=O)NC(=O)C(CC(N)=O)NC(=O)[C@H](CCC(N)=O)NC(=O)[C@H](Cc3ccccc3)NC2=O)cc1. The van der Waals surface area contributed by atoms with Crippen LogP contribution in [-0.4, -0.2) is 155 Å². The summed E-state index contributed by atoms with van der Waals surface area (Å²) in [7, 11) is 3.74. The molecule has 4 rings (SSSR count). The smallest absolute Gasteiger partial charge is 0.246 e. The van der Waals surface area contributed by atoms with Crippen molar-refractivity contribution in [3.05, 3.63) is 65.7 Å². The number of carbonyl (C=O) groups is 11. The second-order valence-corrected chi connectivity index (χ2v) is 22.0. The fourth-order valence-corrected chi connectivity index (χ4v) is 10.9. The Kier molecular flexibility index (Phi) is 24.3. The van der Waals surface area contributed by atoms with Crippen molar-refractivity contribution in [3.63, 3.8) is 0 Å². The Hall–Kier alpha value is -7.62. The molecule has 420 valence electrons. The highest BCUT2D eigenvalue weighted by atomic mass is 33.1. The first-order valence-electron chi connectivity index (χ1n) is 24.7. The molecule has 2 fully saturated rings. The van der Waals surface area contributed by atoms with E-state index in [1.165, 1.54) is 22.8 Å². The molecule has 1 unspecified atom stereocenters. The molecule has 11 amide bonds. The van der Waals surface area contributed by atoms with Crippen LogP contribution in [0.4, 0.5) is 0 Å². The Bertz CT molecular complexity index is 2480. The van der Waals surface area contributed by atoms with Gasteiger partial charge >= 0.3 is 0 Å². The molecule has 0 spiro atoms. The number of rotatable bonds is 20. The molecule has 2 aliphatic rings. The third-order valence-corrected chi connectivity index (χ3v) is 15.4. The highest BCUT2D eigenvalue weighted by molar-refractivity contribution is 8.77. The third kappa shape index (κ3) is 21.1. The molecule has 2 aromatic carbocycles. The summed E-state index contributed by atoms with van der Waals surface area (Å²) in [6.07, 6.45) is -1.30. The molecular weight excluding hydrogens is 1040 g/mol. The van der Waals surface area contributed by atoms with E-state index in [-0.39, 0.29) is 63.3 Å². The van der Waals surface area contributed by atoms with Gasteiger partial charge < -0.3 is 75.5 Å². The van der Waals surface area contributed by atoms with Gasteiger partial charge in [-0.1, -0.05) is 64.1 Å². The Morgan fingerprint density at radius 1 is 0.766 bits per heavy atom. The largest absolute Gasteiger partial charge is 0.497 e. The highest BCUT2D eigenvalue weighted by Crippen LogP contribution is 2.39. The lowest BCUT2D eigenvalue weighted by Crippen LogP contribution is -2.61. The lowest BCUT2D eigenvalue weighted by molar-refractivity contribution is -0.142. The molecule has 2 heterocycles. The molecule has 7 atom stereocenters. The van der Waals surface area contributed by atoms with Gasteiger partial charge in [0, 0.05) is 49.3 Å². The first-order chi connectivity index (χ1) is 36.4. The molecule has 0 aliphatic carbocycles. The Labute approximate surface area is 453 Å². The van der Waals surface area contributed by atoms with E-state index >= 15 is 0 Å². The van der Waals surface area contributed by atoms with E-state index in [4.69, 9.17) is 33.4 Å². The van der Waals surface area contributed by atoms with Crippen LogP contribution in [0.15, 0.2) is 59.6 Å². The number of hydrogen-bond acceptors (Lipinski definition) is 15. The summed E-state index contributed by atoms with van der Waals surface area (Å²) in [6.45, 7) is 3.08. The predicted molar refractivity (Wildman–Crippen MR) is 286 cm³/mol. The van der Waals surface area contributed by atoms with Crippen LogP contribution in [0.1, 0.15) is 76.3 Å². The van der Waals surface area contributed by atoms with Crippen molar-refractivity contribution >= 4 is 92.5 Å². The molecule has 0 radical (unpaired) electrons. The number of nitrogens with zero attached hydrogens (tertiary/aromatic N) is 2. The van der Waals surface area contributed by atoms with E-state index in [0.29, 0.717) is 23.3 Å². The molecule has 2 aliphatic heterocycles.